The van der Waals surface area contributed by atoms with Gasteiger partial charge < -0.3 is 14.7 Å². The van der Waals surface area contributed by atoms with Crippen molar-refractivity contribution in [3.63, 3.8) is 0 Å². The smallest absolute Gasteiger partial charge is 0.234 e. The van der Waals surface area contributed by atoms with E-state index in [2.05, 4.69) is 71.4 Å². The number of pyridine rings is 1. The van der Waals surface area contributed by atoms with Crippen molar-refractivity contribution in [2.45, 2.75) is 45.4 Å². The number of H-pyrrole nitrogens is 1. The maximum absolute atomic E-state index is 14.1. The largest absolute Gasteiger partial charge is 0.475 e. The summed E-state index contributed by atoms with van der Waals surface area (Å²) >= 11 is 0. The zero-order valence-corrected chi connectivity index (χ0v) is 28.5. The predicted octanol–water partition coefficient (Wildman–Crippen LogP) is 5.41. The van der Waals surface area contributed by atoms with Gasteiger partial charge >= 0.3 is 0 Å². The van der Waals surface area contributed by atoms with E-state index in [4.69, 9.17) is 4.74 Å². The fraction of sp³-hybridized carbons (Fsp3) is 0.359. The van der Waals surface area contributed by atoms with Crippen LogP contribution in [0.1, 0.15) is 38.7 Å². The average molecular weight is 671 g/mol. The number of carbonyl (C=O) groups excluding carboxylic acids is 1. The molecule has 0 saturated carbocycles. The highest BCUT2D eigenvalue weighted by atomic mass is 16.5. The molecule has 6 heterocycles. The van der Waals surface area contributed by atoms with Crippen LogP contribution in [0.4, 0.5) is 5.69 Å². The van der Waals surface area contributed by atoms with Gasteiger partial charge in [0.25, 0.3) is 0 Å². The number of likely N-dealkylation sites (tertiary alicyclic amines) is 1. The highest BCUT2D eigenvalue weighted by Gasteiger charge is 2.51. The second kappa shape index (κ2) is 13.4. The number of aliphatic hydroxyl groups is 1. The summed E-state index contributed by atoms with van der Waals surface area (Å²) in [6.45, 7) is 8.10. The molecule has 2 N–H and O–H groups in total. The van der Waals surface area contributed by atoms with Gasteiger partial charge in [0.2, 0.25) is 11.8 Å². The summed E-state index contributed by atoms with van der Waals surface area (Å²) in [5.41, 5.74) is 6.52. The summed E-state index contributed by atoms with van der Waals surface area (Å²) in [7, 11) is 0. The van der Waals surface area contributed by atoms with E-state index in [1.807, 2.05) is 49.1 Å². The Morgan fingerprint density at radius 1 is 0.940 bits per heavy atom. The molecule has 11 heteroatoms. The predicted molar refractivity (Wildman–Crippen MR) is 193 cm³/mol. The summed E-state index contributed by atoms with van der Waals surface area (Å²) < 4.78 is 5.70. The SMILES string of the molecule is CC(C)Oc1ccc(-c2n[nH]c3ccc(N4CC[C@]5(CCN(CC(O)N6CC=C(c7ccc(-c8ncccn8)cc7)CC6)C5)C4=O)cc23)cn1. The normalized spacial score (nSPS) is 20.7. The number of ether oxygens (including phenoxy) is 1. The first kappa shape index (κ1) is 32.2. The molecule has 256 valence electrons. The third-order valence-corrected chi connectivity index (χ3v) is 10.3. The highest BCUT2D eigenvalue weighted by molar-refractivity contribution is 6.03. The molecular weight excluding hydrogens is 628 g/mol. The van der Waals surface area contributed by atoms with E-state index in [-0.39, 0.29) is 12.0 Å². The fourth-order valence-electron chi connectivity index (χ4n) is 7.63. The second-order valence-electron chi connectivity index (χ2n) is 13.9. The number of aliphatic hydroxyl groups excluding tert-OH is 1. The summed E-state index contributed by atoms with van der Waals surface area (Å²) in [6.07, 6.45) is 9.45. The van der Waals surface area contributed by atoms with Gasteiger partial charge in [-0.2, -0.15) is 5.10 Å². The molecular formula is C39H42N8O3. The number of aromatic nitrogens is 5. The Balaban J connectivity index is 0.888. The zero-order valence-electron chi connectivity index (χ0n) is 28.5. The standard InChI is InChI=1S/C39H42N8O3/c1-26(2)50-34-11-8-30(23-42-34)36-32-22-31(9-10-33(32)43-44-36)47-21-15-39(38(47)49)14-20-45(25-39)24-35(48)46-18-12-28(13-19-46)27-4-6-29(7-5-27)37-40-16-3-17-41-37/h3-12,16-17,22-23,26,35,48H,13-15,18-21,24-25H2,1-2H3,(H,43,44)/t35?,39-/m0/s1. The lowest BCUT2D eigenvalue weighted by Gasteiger charge is -2.33. The molecule has 2 atom stereocenters. The Bertz CT molecular complexity index is 2010. The number of anilines is 1. The maximum atomic E-state index is 14.1. The van der Waals surface area contributed by atoms with Crippen molar-refractivity contribution < 1.29 is 14.6 Å². The van der Waals surface area contributed by atoms with Crippen LogP contribution in [0.3, 0.4) is 0 Å². The van der Waals surface area contributed by atoms with Gasteiger partial charge in [0.05, 0.1) is 17.0 Å². The number of hydrogen-bond donors (Lipinski definition) is 2. The average Bonchev–Trinajstić information content (AvgIpc) is 3.85. The van der Waals surface area contributed by atoms with Crippen molar-refractivity contribution in [2.24, 2.45) is 5.41 Å². The van der Waals surface area contributed by atoms with Gasteiger partial charge in [-0.15, -0.1) is 0 Å². The van der Waals surface area contributed by atoms with Gasteiger partial charge in [0, 0.05) is 79.6 Å². The van der Waals surface area contributed by atoms with Crippen LogP contribution in [-0.4, -0.2) is 97.6 Å². The molecule has 8 rings (SSSR count). The molecule has 0 bridgehead atoms. The fourth-order valence-corrected chi connectivity index (χ4v) is 7.63. The van der Waals surface area contributed by atoms with Crippen molar-refractivity contribution in [1.82, 2.24) is 34.9 Å². The van der Waals surface area contributed by atoms with E-state index in [0.717, 1.165) is 71.6 Å². The van der Waals surface area contributed by atoms with Crippen LogP contribution in [0.2, 0.25) is 0 Å². The number of benzene rings is 2. The molecule has 1 amide bonds. The van der Waals surface area contributed by atoms with Crippen LogP contribution >= 0.6 is 0 Å². The molecule has 0 radical (unpaired) electrons. The summed E-state index contributed by atoms with van der Waals surface area (Å²) in [5.74, 6) is 1.47. The number of hydrogen-bond acceptors (Lipinski definition) is 9. The summed E-state index contributed by atoms with van der Waals surface area (Å²) in [6, 6.07) is 20.1. The van der Waals surface area contributed by atoms with Crippen LogP contribution < -0.4 is 9.64 Å². The highest BCUT2D eigenvalue weighted by Crippen LogP contribution is 2.43. The van der Waals surface area contributed by atoms with E-state index < -0.39 is 11.6 Å². The number of β-amino-alcohol motifs (C(OH)–C–C–N with tert-alkyl or cyclic N) is 1. The number of aromatic amines is 1. The van der Waals surface area contributed by atoms with Gasteiger partial charge in [-0.25, -0.2) is 15.0 Å². The van der Waals surface area contributed by atoms with Crippen molar-refractivity contribution in [3.05, 3.63) is 90.9 Å². The summed E-state index contributed by atoms with van der Waals surface area (Å²) in [4.78, 5) is 33.5. The van der Waals surface area contributed by atoms with Gasteiger partial charge in [-0.05, 0) is 81.1 Å². The van der Waals surface area contributed by atoms with Crippen LogP contribution in [0.15, 0.2) is 85.3 Å². The molecule has 1 unspecified atom stereocenters. The lowest BCUT2D eigenvalue weighted by molar-refractivity contribution is -0.125. The second-order valence-corrected chi connectivity index (χ2v) is 13.9. The molecule has 3 aliphatic rings. The number of amides is 1. The lowest BCUT2D eigenvalue weighted by Crippen LogP contribution is -2.46. The van der Waals surface area contributed by atoms with Gasteiger partial charge in [0.1, 0.15) is 11.9 Å². The van der Waals surface area contributed by atoms with E-state index >= 15 is 0 Å². The Kier molecular flexibility index (Phi) is 8.64. The molecule has 3 aliphatic heterocycles. The monoisotopic (exact) mass is 670 g/mol. The van der Waals surface area contributed by atoms with Crippen LogP contribution in [0.5, 0.6) is 5.88 Å². The molecule has 0 aliphatic carbocycles. The van der Waals surface area contributed by atoms with Gasteiger partial charge in [-0.3, -0.25) is 19.7 Å². The summed E-state index contributed by atoms with van der Waals surface area (Å²) in [5, 5.41) is 19.9. The third-order valence-electron chi connectivity index (χ3n) is 10.3. The molecule has 2 saturated heterocycles. The molecule has 3 aromatic heterocycles. The van der Waals surface area contributed by atoms with Crippen molar-refractivity contribution >= 4 is 28.1 Å². The minimum Gasteiger partial charge on any atom is -0.475 e. The number of carbonyl (C=O) groups is 1. The topological polar surface area (TPSA) is 124 Å². The first-order chi connectivity index (χ1) is 24.3. The van der Waals surface area contributed by atoms with Crippen LogP contribution in [0, 0.1) is 5.41 Å². The van der Waals surface area contributed by atoms with E-state index in [9.17, 15) is 9.90 Å². The van der Waals surface area contributed by atoms with Gasteiger partial charge in [0.15, 0.2) is 5.82 Å². The van der Waals surface area contributed by atoms with E-state index in [1.165, 1.54) is 11.1 Å². The maximum Gasteiger partial charge on any atom is 0.234 e. The van der Waals surface area contributed by atoms with Gasteiger partial charge in [-0.1, -0.05) is 30.3 Å². The first-order valence-electron chi connectivity index (χ1n) is 17.5. The third kappa shape index (κ3) is 6.28. The Morgan fingerprint density at radius 3 is 2.46 bits per heavy atom. The van der Waals surface area contributed by atoms with Crippen molar-refractivity contribution in [3.8, 4) is 28.5 Å². The Labute approximate surface area is 291 Å². The number of nitrogens with one attached hydrogen (secondary N) is 1. The van der Waals surface area contributed by atoms with Crippen molar-refractivity contribution in [1.29, 1.82) is 0 Å². The molecule has 11 nitrogen and oxygen atoms in total. The lowest BCUT2D eigenvalue weighted by atomic mass is 9.85. The molecule has 2 fully saturated rings. The number of rotatable bonds is 9. The van der Waals surface area contributed by atoms with Crippen LogP contribution in [-0.2, 0) is 4.79 Å². The minimum atomic E-state index is -0.587. The molecule has 2 aromatic carbocycles. The number of fused-ring (bicyclic) bond motifs is 1. The van der Waals surface area contributed by atoms with Crippen molar-refractivity contribution in [2.75, 3.05) is 44.2 Å². The Morgan fingerprint density at radius 2 is 1.72 bits per heavy atom. The minimum absolute atomic E-state index is 0.0497. The quantitative estimate of drug-likeness (QED) is 0.212. The molecule has 1 spiro atoms. The molecule has 50 heavy (non-hydrogen) atoms. The van der Waals surface area contributed by atoms with E-state index in [1.54, 1.807) is 18.6 Å². The Hall–Kier alpha value is -4.97. The molecule has 5 aromatic rings. The zero-order chi connectivity index (χ0) is 34.2. The van der Waals surface area contributed by atoms with E-state index in [0.29, 0.717) is 32.1 Å². The van der Waals surface area contributed by atoms with Crippen LogP contribution in [0.25, 0.3) is 39.1 Å². The number of nitrogens with zero attached hydrogens (tertiary/aromatic N) is 7. The first-order valence-corrected chi connectivity index (χ1v) is 17.5.